The lowest BCUT2D eigenvalue weighted by molar-refractivity contribution is -0.929. The number of carbonyl (C=O) groups is 1. The van der Waals surface area contributed by atoms with Crippen LogP contribution in [-0.4, -0.2) is 36.4 Å². The lowest BCUT2D eigenvalue weighted by atomic mass is 10.0. The van der Waals surface area contributed by atoms with Crippen LogP contribution in [0, 0.1) is 0 Å². The summed E-state index contributed by atoms with van der Waals surface area (Å²) in [6, 6.07) is 0. The summed E-state index contributed by atoms with van der Waals surface area (Å²) in [6.07, 6.45) is 57.7. The fraction of sp³-hybridized carbons (Fsp3) is 0.940. The third-order valence-electron chi connectivity index (χ3n) is 12.2. The van der Waals surface area contributed by atoms with Crippen molar-refractivity contribution in [1.82, 2.24) is 0 Å². The van der Waals surface area contributed by atoms with E-state index in [4.69, 9.17) is 0 Å². The van der Waals surface area contributed by atoms with Crippen molar-refractivity contribution < 1.29 is 26.3 Å². The first kappa shape index (κ1) is 54.9. The van der Waals surface area contributed by atoms with Crippen molar-refractivity contribution in [1.29, 1.82) is 0 Å². The van der Waals surface area contributed by atoms with Gasteiger partial charge in [-0.2, -0.15) is 0 Å². The van der Waals surface area contributed by atoms with Crippen LogP contribution in [0.1, 0.15) is 278 Å². The van der Waals surface area contributed by atoms with Crippen LogP contribution in [-0.2, 0) is 4.79 Å². The minimum atomic E-state index is 0. The number of allylic oxidation sites excluding steroid dienone is 1. The van der Waals surface area contributed by atoms with Crippen LogP contribution in [0.15, 0.2) is 12.7 Å². The largest absolute Gasteiger partial charge is 1.00 e. The number of hydrogen-bond acceptors (Lipinski definition) is 1. The molecule has 0 atom stereocenters. The first-order valence-corrected chi connectivity index (χ1v) is 24.6. The van der Waals surface area contributed by atoms with Crippen LogP contribution in [0.3, 0.4) is 0 Å². The number of ketones is 1. The number of carbonyl (C=O) groups excluding carboxylic acids is 1. The van der Waals surface area contributed by atoms with E-state index in [-0.39, 0.29) is 22.8 Å². The van der Waals surface area contributed by atoms with Crippen LogP contribution in [0.2, 0.25) is 0 Å². The summed E-state index contributed by atoms with van der Waals surface area (Å²) in [4.78, 5) is 11.4. The monoisotopic (exact) mass is 810 g/mol. The zero-order chi connectivity index (χ0) is 37.9. The van der Waals surface area contributed by atoms with Crippen molar-refractivity contribution in [3.63, 3.8) is 0 Å². The van der Waals surface area contributed by atoms with Crippen molar-refractivity contribution in [2.75, 3.05) is 26.2 Å². The second-order valence-corrected chi connectivity index (χ2v) is 17.4. The molecule has 0 saturated carbocycles. The van der Waals surface area contributed by atoms with Crippen LogP contribution in [0.25, 0.3) is 0 Å². The standard InChI is InChI=1S/C50H100NO.BrH/c1-5-9-12-15-18-21-26-31-36-41-46-51(47-42-37-32-27-22-19-16-13-10-6-2,48-43-38-33-28-23-20-17-14-11-7-3)49-44-39-34-29-24-25-30-35-40-45-50(52)8-4;/h8H,4-7,9-49H2,1-3H3;1H/q+1;/p-1. The third kappa shape index (κ3) is 41.3. The fourth-order valence-electron chi connectivity index (χ4n) is 8.56. The molecule has 318 valence electrons. The van der Waals surface area contributed by atoms with Gasteiger partial charge in [-0.25, -0.2) is 0 Å². The molecule has 0 rings (SSSR count). The number of rotatable bonds is 46. The summed E-state index contributed by atoms with van der Waals surface area (Å²) in [6.45, 7) is 16.4. The molecule has 0 unspecified atom stereocenters. The van der Waals surface area contributed by atoms with Gasteiger partial charge in [0, 0.05) is 6.42 Å². The normalized spacial score (nSPS) is 11.6. The van der Waals surface area contributed by atoms with Gasteiger partial charge in [-0.3, -0.25) is 4.79 Å². The Labute approximate surface area is 347 Å². The van der Waals surface area contributed by atoms with E-state index in [1.165, 1.54) is 281 Å². The first-order valence-electron chi connectivity index (χ1n) is 24.6. The highest BCUT2D eigenvalue weighted by atomic mass is 79.9. The van der Waals surface area contributed by atoms with Gasteiger partial charge in [0.05, 0.1) is 26.2 Å². The highest BCUT2D eigenvalue weighted by Gasteiger charge is 2.25. The molecular formula is C50H100BrNO. The predicted molar refractivity (Wildman–Crippen MR) is 237 cm³/mol. The van der Waals surface area contributed by atoms with Gasteiger partial charge in [-0.1, -0.05) is 220 Å². The van der Waals surface area contributed by atoms with Crippen molar-refractivity contribution in [2.45, 2.75) is 278 Å². The number of hydrogen-bond donors (Lipinski definition) is 0. The van der Waals surface area contributed by atoms with Crippen molar-refractivity contribution in [3.8, 4) is 0 Å². The number of nitrogens with zero attached hydrogens (tertiary/aromatic N) is 1. The molecule has 0 aromatic carbocycles. The summed E-state index contributed by atoms with van der Waals surface area (Å²) < 4.78 is 1.45. The maximum Gasteiger partial charge on any atom is 0.155 e. The molecule has 53 heavy (non-hydrogen) atoms. The Bertz CT molecular complexity index is 648. The second-order valence-electron chi connectivity index (χ2n) is 17.4. The highest BCUT2D eigenvalue weighted by Crippen LogP contribution is 2.22. The first-order chi connectivity index (χ1) is 25.6. The van der Waals surface area contributed by atoms with E-state index in [9.17, 15) is 4.79 Å². The Balaban J connectivity index is 0. The van der Waals surface area contributed by atoms with E-state index in [1.54, 1.807) is 0 Å². The highest BCUT2D eigenvalue weighted by molar-refractivity contribution is 5.88. The Hall–Kier alpha value is -0.150. The van der Waals surface area contributed by atoms with Gasteiger partial charge in [-0.05, 0) is 63.9 Å². The molecule has 0 aromatic rings. The SMILES string of the molecule is C=CC(=O)CCCCCCCCCCC[N+](CCCCCCCCCCCC)(CCCCCCCCCCCC)CCCCCCCCCCCC.[Br-]. The number of halogens is 1. The topological polar surface area (TPSA) is 17.1 Å². The van der Waals surface area contributed by atoms with Gasteiger partial charge in [0.15, 0.2) is 5.78 Å². The van der Waals surface area contributed by atoms with Gasteiger partial charge >= 0.3 is 0 Å². The van der Waals surface area contributed by atoms with E-state index in [0.29, 0.717) is 6.42 Å². The molecule has 0 aliphatic carbocycles. The molecule has 0 heterocycles. The minimum absolute atomic E-state index is 0. The molecule has 0 aliphatic rings. The van der Waals surface area contributed by atoms with E-state index >= 15 is 0 Å². The van der Waals surface area contributed by atoms with E-state index in [0.717, 1.165) is 6.42 Å². The van der Waals surface area contributed by atoms with Gasteiger partial charge in [0.2, 0.25) is 0 Å². The molecule has 0 saturated heterocycles. The molecule has 0 fully saturated rings. The number of quaternary nitrogens is 1. The average molecular weight is 811 g/mol. The summed E-state index contributed by atoms with van der Waals surface area (Å²) >= 11 is 0. The maximum absolute atomic E-state index is 11.4. The predicted octanol–water partition coefficient (Wildman–Crippen LogP) is 14.2. The maximum atomic E-state index is 11.4. The quantitative estimate of drug-likeness (QED) is 0.0340. The van der Waals surface area contributed by atoms with E-state index < -0.39 is 0 Å². The molecule has 0 aliphatic heterocycles. The Morgan fingerprint density at radius 2 is 0.528 bits per heavy atom. The van der Waals surface area contributed by atoms with Gasteiger partial charge in [0.25, 0.3) is 0 Å². The Morgan fingerprint density at radius 1 is 0.340 bits per heavy atom. The van der Waals surface area contributed by atoms with Crippen molar-refractivity contribution >= 4 is 5.78 Å². The van der Waals surface area contributed by atoms with Gasteiger partial charge < -0.3 is 21.5 Å². The summed E-state index contributed by atoms with van der Waals surface area (Å²) in [7, 11) is 0. The summed E-state index contributed by atoms with van der Waals surface area (Å²) in [5, 5.41) is 0. The molecule has 0 bridgehead atoms. The third-order valence-corrected chi connectivity index (χ3v) is 12.2. The van der Waals surface area contributed by atoms with Crippen molar-refractivity contribution in [2.24, 2.45) is 0 Å². The molecule has 2 nitrogen and oxygen atoms in total. The molecular weight excluding hydrogens is 710 g/mol. The lowest BCUT2D eigenvalue weighted by Crippen LogP contribution is -3.00. The van der Waals surface area contributed by atoms with Crippen LogP contribution in [0.4, 0.5) is 0 Å². The van der Waals surface area contributed by atoms with Crippen LogP contribution in [0.5, 0.6) is 0 Å². The fourth-order valence-corrected chi connectivity index (χ4v) is 8.56. The second kappa shape index (κ2) is 46.2. The lowest BCUT2D eigenvalue weighted by Gasteiger charge is -2.40. The van der Waals surface area contributed by atoms with E-state index in [2.05, 4.69) is 27.4 Å². The molecule has 0 radical (unpaired) electrons. The Kier molecular flexibility index (Phi) is 47.9. The molecule has 0 N–H and O–H groups in total. The molecule has 3 heteroatoms. The molecule has 0 aromatic heterocycles. The minimum Gasteiger partial charge on any atom is -1.00 e. The van der Waals surface area contributed by atoms with Crippen molar-refractivity contribution in [3.05, 3.63) is 12.7 Å². The zero-order valence-corrected chi connectivity index (χ0v) is 38.7. The van der Waals surface area contributed by atoms with Gasteiger partial charge in [-0.15, -0.1) is 0 Å². The van der Waals surface area contributed by atoms with Crippen LogP contribution >= 0.6 is 0 Å². The smallest absolute Gasteiger partial charge is 0.155 e. The van der Waals surface area contributed by atoms with E-state index in [1.807, 2.05) is 0 Å². The summed E-state index contributed by atoms with van der Waals surface area (Å²) in [5.74, 6) is 0.212. The van der Waals surface area contributed by atoms with Crippen LogP contribution < -0.4 is 17.0 Å². The number of unbranched alkanes of at least 4 members (excludes halogenated alkanes) is 35. The Morgan fingerprint density at radius 3 is 0.736 bits per heavy atom. The molecule has 0 amide bonds. The zero-order valence-electron chi connectivity index (χ0n) is 37.1. The summed E-state index contributed by atoms with van der Waals surface area (Å²) in [5.41, 5.74) is 0. The molecule has 0 spiro atoms. The average Bonchev–Trinajstić information content (AvgIpc) is 3.15. The van der Waals surface area contributed by atoms with Gasteiger partial charge in [0.1, 0.15) is 0 Å².